The lowest BCUT2D eigenvalue weighted by Gasteiger charge is -2.23. The Kier molecular flexibility index (Phi) is 51.0. The van der Waals surface area contributed by atoms with Crippen molar-refractivity contribution in [3.63, 3.8) is 0 Å². The van der Waals surface area contributed by atoms with E-state index in [9.17, 15) is 19.4 Å². The van der Waals surface area contributed by atoms with Crippen LogP contribution >= 0.6 is 7.82 Å². The Labute approximate surface area is 398 Å². The molecule has 0 spiro atoms. The van der Waals surface area contributed by atoms with Gasteiger partial charge in [0.2, 0.25) is 5.91 Å². The van der Waals surface area contributed by atoms with E-state index in [2.05, 4.69) is 19.2 Å². The summed E-state index contributed by atoms with van der Waals surface area (Å²) in [4.78, 5) is 22.8. The molecule has 0 aliphatic carbocycles. The first-order chi connectivity index (χ1) is 31.4. The highest BCUT2D eigenvalue weighted by molar-refractivity contribution is 7.47. The molecule has 0 bridgehead atoms. The first-order valence-electron chi connectivity index (χ1n) is 28.3. The lowest BCUT2D eigenvalue weighted by atomic mass is 10.0. The molecule has 0 heterocycles. The zero-order valence-corrected chi connectivity index (χ0v) is 43.7. The van der Waals surface area contributed by atoms with E-state index in [0.717, 1.165) is 38.5 Å². The highest BCUT2D eigenvalue weighted by atomic mass is 31.2. The number of aliphatic hydroxyl groups excluding tert-OH is 1. The van der Waals surface area contributed by atoms with Crippen LogP contribution < -0.4 is 11.1 Å². The topological polar surface area (TPSA) is 131 Å². The summed E-state index contributed by atoms with van der Waals surface area (Å²) in [5.41, 5.74) is 5.39. The zero-order valence-electron chi connectivity index (χ0n) is 42.8. The Hall–Kier alpha value is -0.760. The maximum absolute atomic E-state index is 12.8. The molecule has 0 aromatic carbocycles. The highest BCUT2D eigenvalue weighted by Crippen LogP contribution is 2.43. The third-order valence-corrected chi connectivity index (χ3v) is 14.1. The van der Waals surface area contributed by atoms with E-state index in [1.54, 1.807) is 6.08 Å². The Morgan fingerprint density at radius 1 is 0.500 bits per heavy atom. The highest BCUT2D eigenvalue weighted by Gasteiger charge is 2.27. The van der Waals surface area contributed by atoms with Gasteiger partial charge in [-0.15, -0.1) is 0 Å². The van der Waals surface area contributed by atoms with Crippen LogP contribution in [0.4, 0.5) is 0 Å². The second-order valence-electron chi connectivity index (χ2n) is 19.5. The molecular weight excluding hydrogens is 816 g/mol. The maximum Gasteiger partial charge on any atom is 0.472 e. The Morgan fingerprint density at radius 2 is 0.797 bits per heavy atom. The number of allylic oxidation sites excluding steroid dienone is 1. The van der Waals surface area contributed by atoms with Gasteiger partial charge in [0.25, 0.3) is 0 Å². The first-order valence-corrected chi connectivity index (χ1v) is 29.8. The molecule has 0 aliphatic heterocycles. The number of amides is 1. The summed E-state index contributed by atoms with van der Waals surface area (Å²) < 4.78 is 22.2. The predicted molar refractivity (Wildman–Crippen MR) is 277 cm³/mol. The summed E-state index contributed by atoms with van der Waals surface area (Å²) in [6.45, 7) is 4.18. The van der Waals surface area contributed by atoms with Crippen molar-refractivity contribution in [2.75, 3.05) is 19.8 Å². The number of carbonyl (C=O) groups is 1. The number of hydrogen-bond acceptors (Lipinski definition) is 6. The van der Waals surface area contributed by atoms with Crippen LogP contribution in [-0.4, -0.2) is 47.8 Å². The monoisotopic (exact) mass is 927 g/mol. The van der Waals surface area contributed by atoms with Crippen molar-refractivity contribution in [3.05, 3.63) is 12.2 Å². The SMILES string of the molecule is CCCCCCCCCCCCCC/C=C/[C@@H](O)[C@H](COP(=O)(O)OCCN)NC(=O)CCCCCCCCCCCCCCCCCCCCCCCCCCCCCCCCC. The molecule has 0 fully saturated rings. The van der Waals surface area contributed by atoms with Gasteiger partial charge in [0, 0.05) is 13.0 Å². The summed E-state index contributed by atoms with van der Waals surface area (Å²) in [6.07, 6.45) is 61.7. The maximum atomic E-state index is 12.8. The van der Waals surface area contributed by atoms with E-state index in [1.807, 2.05) is 6.08 Å². The van der Waals surface area contributed by atoms with Gasteiger partial charge in [0.1, 0.15) is 0 Å². The Morgan fingerprint density at radius 3 is 1.11 bits per heavy atom. The summed E-state index contributed by atoms with van der Waals surface area (Å²) in [7, 11) is -4.34. The molecule has 5 N–H and O–H groups in total. The summed E-state index contributed by atoms with van der Waals surface area (Å²) in [5.74, 6) is -0.187. The minimum Gasteiger partial charge on any atom is -0.387 e. The Bertz CT molecular complexity index is 1020. The molecule has 3 atom stereocenters. The van der Waals surface area contributed by atoms with Gasteiger partial charge in [-0.3, -0.25) is 13.8 Å². The molecular formula is C55H111N2O6P. The van der Waals surface area contributed by atoms with E-state index in [4.69, 9.17) is 14.8 Å². The minimum atomic E-state index is -4.34. The number of unbranched alkanes of at least 4 members (excludes halogenated alkanes) is 42. The summed E-state index contributed by atoms with van der Waals surface area (Å²) in [5, 5.41) is 13.7. The van der Waals surface area contributed by atoms with Crippen LogP contribution in [0.25, 0.3) is 0 Å². The standard InChI is InChI=1S/C55H111N2O6P/c1-3-5-7-9-11-13-15-17-19-20-21-22-23-24-25-26-27-28-29-30-31-32-33-34-35-37-39-41-43-45-47-49-55(59)57-53(52-63-64(60,61)62-51-50-56)54(58)48-46-44-42-40-38-36-18-16-14-12-10-8-6-4-2/h46,48,53-54,58H,3-45,47,49-52,56H2,1-2H3,(H,57,59)(H,60,61)/b48-46+/t53-,54+/m0/s1. The van der Waals surface area contributed by atoms with Gasteiger partial charge in [0.15, 0.2) is 0 Å². The summed E-state index contributed by atoms with van der Waals surface area (Å²) in [6, 6.07) is -0.855. The first kappa shape index (κ1) is 63.2. The van der Waals surface area contributed by atoms with Gasteiger partial charge in [-0.25, -0.2) is 4.57 Å². The zero-order chi connectivity index (χ0) is 46.7. The molecule has 64 heavy (non-hydrogen) atoms. The number of rotatable bonds is 54. The predicted octanol–water partition coefficient (Wildman–Crippen LogP) is 17.1. The number of nitrogens with two attached hydrogens (primary N) is 1. The average molecular weight is 927 g/mol. The molecule has 1 amide bonds. The molecule has 0 aromatic rings. The number of phosphoric acid groups is 1. The quantitative estimate of drug-likeness (QED) is 0.0271. The van der Waals surface area contributed by atoms with Crippen LogP contribution in [0.5, 0.6) is 0 Å². The van der Waals surface area contributed by atoms with Crippen molar-refractivity contribution < 1.29 is 28.4 Å². The molecule has 0 saturated carbocycles. The van der Waals surface area contributed by atoms with Gasteiger partial charge in [-0.2, -0.15) is 0 Å². The number of nitrogens with one attached hydrogen (secondary N) is 1. The fraction of sp³-hybridized carbons (Fsp3) is 0.945. The third-order valence-electron chi connectivity index (χ3n) is 13.1. The van der Waals surface area contributed by atoms with Crippen LogP contribution in [0.15, 0.2) is 12.2 Å². The number of phosphoric ester groups is 1. The number of hydrogen-bond donors (Lipinski definition) is 4. The second kappa shape index (κ2) is 51.6. The molecule has 9 heteroatoms. The fourth-order valence-corrected chi connectivity index (χ4v) is 9.60. The average Bonchev–Trinajstić information content (AvgIpc) is 3.29. The van der Waals surface area contributed by atoms with Crippen molar-refractivity contribution >= 4 is 13.7 Å². The van der Waals surface area contributed by atoms with Gasteiger partial charge in [0.05, 0.1) is 25.4 Å². The summed E-state index contributed by atoms with van der Waals surface area (Å²) >= 11 is 0. The van der Waals surface area contributed by atoms with Crippen molar-refractivity contribution in [2.24, 2.45) is 5.73 Å². The Balaban J connectivity index is 3.84. The number of aliphatic hydroxyl groups is 1. The van der Waals surface area contributed by atoms with Crippen LogP contribution in [0, 0.1) is 0 Å². The normalized spacial score (nSPS) is 13.8. The van der Waals surface area contributed by atoms with Crippen LogP contribution in [0.2, 0.25) is 0 Å². The molecule has 0 aliphatic rings. The van der Waals surface area contributed by atoms with Gasteiger partial charge < -0.3 is 21.1 Å². The van der Waals surface area contributed by atoms with Crippen LogP contribution in [0.1, 0.15) is 303 Å². The molecule has 1 unspecified atom stereocenters. The third kappa shape index (κ3) is 49.2. The van der Waals surface area contributed by atoms with Gasteiger partial charge >= 0.3 is 7.82 Å². The van der Waals surface area contributed by atoms with Crippen molar-refractivity contribution in [1.29, 1.82) is 0 Å². The van der Waals surface area contributed by atoms with Crippen LogP contribution in [0.3, 0.4) is 0 Å². The van der Waals surface area contributed by atoms with Gasteiger partial charge in [-0.1, -0.05) is 289 Å². The molecule has 0 radical (unpaired) electrons. The lowest BCUT2D eigenvalue weighted by Crippen LogP contribution is -2.45. The number of carbonyl (C=O) groups excluding carboxylic acids is 1. The van der Waals surface area contributed by atoms with E-state index >= 15 is 0 Å². The van der Waals surface area contributed by atoms with E-state index < -0.39 is 20.0 Å². The van der Waals surface area contributed by atoms with Crippen molar-refractivity contribution in [3.8, 4) is 0 Å². The molecule has 382 valence electrons. The van der Waals surface area contributed by atoms with Crippen molar-refractivity contribution in [2.45, 2.75) is 315 Å². The van der Waals surface area contributed by atoms with Gasteiger partial charge in [-0.05, 0) is 19.3 Å². The second-order valence-corrected chi connectivity index (χ2v) is 21.0. The smallest absolute Gasteiger partial charge is 0.387 e. The largest absolute Gasteiger partial charge is 0.472 e. The van der Waals surface area contributed by atoms with E-state index in [1.165, 1.54) is 244 Å². The molecule has 0 aromatic heterocycles. The molecule has 0 rings (SSSR count). The minimum absolute atomic E-state index is 0.0816. The molecule has 8 nitrogen and oxygen atoms in total. The van der Waals surface area contributed by atoms with E-state index in [-0.39, 0.29) is 25.7 Å². The van der Waals surface area contributed by atoms with Crippen molar-refractivity contribution in [1.82, 2.24) is 5.32 Å². The fourth-order valence-electron chi connectivity index (χ4n) is 8.84. The molecule has 0 saturated heterocycles. The van der Waals surface area contributed by atoms with E-state index in [0.29, 0.717) is 6.42 Å². The lowest BCUT2D eigenvalue weighted by molar-refractivity contribution is -0.123. The van der Waals surface area contributed by atoms with Crippen LogP contribution in [-0.2, 0) is 18.4 Å².